The molecule has 3 aromatic carbocycles. The Hall–Kier alpha value is -3.52. The number of carbonyl (C=O) groups is 1. The summed E-state index contributed by atoms with van der Waals surface area (Å²) < 4.78 is 39.6. The maximum absolute atomic E-state index is 13.2. The molecule has 7 nitrogen and oxygen atoms in total. The molecule has 0 aromatic heterocycles. The predicted octanol–water partition coefficient (Wildman–Crippen LogP) is 5.38. The number of fused-ring (bicyclic) bond motifs is 1. The first-order valence-electron chi connectivity index (χ1n) is 10.9. The molecule has 0 atom stereocenters. The van der Waals surface area contributed by atoms with Gasteiger partial charge >= 0.3 is 0 Å². The van der Waals surface area contributed by atoms with Crippen molar-refractivity contribution in [1.82, 2.24) is 0 Å². The molecule has 178 valence electrons. The zero-order valence-electron chi connectivity index (χ0n) is 19.9. The van der Waals surface area contributed by atoms with Gasteiger partial charge in [-0.15, -0.1) is 0 Å². The van der Waals surface area contributed by atoms with Crippen LogP contribution in [0.1, 0.15) is 47.8 Å². The summed E-state index contributed by atoms with van der Waals surface area (Å²) >= 11 is 0. The van der Waals surface area contributed by atoms with Crippen molar-refractivity contribution in [3.05, 3.63) is 76.9 Å². The molecule has 3 aromatic rings. The lowest BCUT2D eigenvalue weighted by Crippen LogP contribution is -2.18. The van der Waals surface area contributed by atoms with Crippen molar-refractivity contribution in [3.8, 4) is 11.5 Å². The van der Waals surface area contributed by atoms with E-state index >= 15 is 0 Å². The number of benzene rings is 3. The highest BCUT2D eigenvalue weighted by Gasteiger charge is 2.23. The molecule has 8 heteroatoms. The van der Waals surface area contributed by atoms with E-state index in [4.69, 9.17) is 9.47 Å². The Labute approximate surface area is 200 Å². The molecule has 0 radical (unpaired) electrons. The zero-order chi connectivity index (χ0) is 24.7. The minimum Gasteiger partial charge on any atom is -0.454 e. The highest BCUT2D eigenvalue weighted by Crippen LogP contribution is 2.34. The van der Waals surface area contributed by atoms with Crippen LogP contribution in [0.15, 0.2) is 59.5 Å². The number of hydrogen-bond donors (Lipinski definition) is 2. The molecule has 0 spiro atoms. The molecule has 0 aliphatic carbocycles. The molecule has 1 amide bonds. The molecule has 1 heterocycles. The predicted molar refractivity (Wildman–Crippen MR) is 132 cm³/mol. The van der Waals surface area contributed by atoms with Crippen molar-refractivity contribution in [1.29, 1.82) is 0 Å². The molecule has 34 heavy (non-hydrogen) atoms. The average Bonchev–Trinajstić information content (AvgIpc) is 3.22. The maximum atomic E-state index is 13.2. The van der Waals surface area contributed by atoms with Gasteiger partial charge in [0.05, 0.1) is 4.90 Å². The number of nitrogens with one attached hydrogen (secondary N) is 2. The molecule has 1 aliphatic heterocycles. The number of hydrogen-bond acceptors (Lipinski definition) is 5. The number of anilines is 2. The van der Waals surface area contributed by atoms with Crippen molar-refractivity contribution in [3.63, 3.8) is 0 Å². The Morgan fingerprint density at radius 1 is 0.882 bits per heavy atom. The molecule has 0 fully saturated rings. The van der Waals surface area contributed by atoms with Crippen LogP contribution < -0.4 is 19.5 Å². The molecule has 1 aliphatic rings. The Morgan fingerprint density at radius 2 is 1.53 bits per heavy atom. The third kappa shape index (κ3) is 4.87. The van der Waals surface area contributed by atoms with Gasteiger partial charge in [0, 0.05) is 23.0 Å². The fourth-order valence-electron chi connectivity index (χ4n) is 3.62. The Balaban J connectivity index is 1.51. The second-order valence-electron chi connectivity index (χ2n) is 9.37. The molecule has 4 rings (SSSR count). The first kappa shape index (κ1) is 23.6. The van der Waals surface area contributed by atoms with E-state index in [2.05, 4.69) is 10.0 Å². The maximum Gasteiger partial charge on any atom is 0.262 e. The lowest BCUT2D eigenvalue weighted by atomic mass is 9.85. The summed E-state index contributed by atoms with van der Waals surface area (Å²) in [7, 11) is -3.81. The van der Waals surface area contributed by atoms with E-state index in [9.17, 15) is 13.2 Å². The summed E-state index contributed by atoms with van der Waals surface area (Å²) in [6.07, 6.45) is 0. The standard InChI is InChI=1S/C26H28N2O5S/c1-16-12-19(26(3,4)5)13-24(17(16)2)34(30,31)28-20-8-6-18(7-9-20)25(29)27-21-10-11-22-23(14-21)33-15-32-22/h6-14,28H,15H2,1-5H3,(H,27,29). The summed E-state index contributed by atoms with van der Waals surface area (Å²) in [4.78, 5) is 12.9. The highest BCUT2D eigenvalue weighted by atomic mass is 32.2. The third-order valence-corrected chi connectivity index (χ3v) is 7.31. The van der Waals surface area contributed by atoms with Crippen LogP contribution >= 0.6 is 0 Å². The second kappa shape index (κ2) is 8.68. The van der Waals surface area contributed by atoms with E-state index in [1.54, 1.807) is 55.5 Å². The van der Waals surface area contributed by atoms with Gasteiger partial charge in [-0.05, 0) is 78.4 Å². The minimum atomic E-state index is -3.81. The van der Waals surface area contributed by atoms with Crippen molar-refractivity contribution in [2.75, 3.05) is 16.8 Å². The van der Waals surface area contributed by atoms with Crippen molar-refractivity contribution < 1.29 is 22.7 Å². The quantitative estimate of drug-likeness (QED) is 0.511. The van der Waals surface area contributed by atoms with E-state index < -0.39 is 10.0 Å². The highest BCUT2D eigenvalue weighted by molar-refractivity contribution is 7.92. The Morgan fingerprint density at radius 3 is 2.21 bits per heavy atom. The van der Waals surface area contributed by atoms with E-state index in [-0.39, 0.29) is 23.0 Å². The fourth-order valence-corrected chi connectivity index (χ4v) is 5.02. The first-order chi connectivity index (χ1) is 15.9. The van der Waals surface area contributed by atoms with Crippen LogP contribution in [-0.2, 0) is 15.4 Å². The van der Waals surface area contributed by atoms with Crippen molar-refractivity contribution >= 4 is 27.3 Å². The lowest BCUT2D eigenvalue weighted by molar-refractivity contribution is 0.102. The van der Waals surface area contributed by atoms with Gasteiger partial charge in [0.1, 0.15) is 0 Å². The number of rotatable bonds is 5. The van der Waals surface area contributed by atoms with Gasteiger partial charge in [0.15, 0.2) is 11.5 Å². The van der Waals surface area contributed by atoms with E-state index in [1.807, 2.05) is 33.8 Å². The van der Waals surface area contributed by atoms with Gasteiger partial charge in [-0.25, -0.2) is 8.42 Å². The van der Waals surface area contributed by atoms with Gasteiger partial charge in [-0.1, -0.05) is 26.8 Å². The molecule has 0 saturated carbocycles. The monoisotopic (exact) mass is 480 g/mol. The Bertz CT molecular complexity index is 1360. The van der Waals surface area contributed by atoms with Crippen LogP contribution in [-0.4, -0.2) is 21.1 Å². The zero-order valence-corrected chi connectivity index (χ0v) is 20.7. The van der Waals surface area contributed by atoms with Gasteiger partial charge in [0.25, 0.3) is 15.9 Å². The van der Waals surface area contributed by atoms with Gasteiger partial charge in [-0.3, -0.25) is 9.52 Å². The van der Waals surface area contributed by atoms with Crippen LogP contribution in [0.3, 0.4) is 0 Å². The van der Waals surface area contributed by atoms with Crippen molar-refractivity contribution in [2.24, 2.45) is 0 Å². The summed E-state index contributed by atoms with van der Waals surface area (Å²) in [5.74, 6) is 0.884. The molecular formula is C26H28N2O5S. The van der Waals surface area contributed by atoms with Gasteiger partial charge in [0.2, 0.25) is 6.79 Å². The van der Waals surface area contributed by atoms with Crippen LogP contribution in [0.25, 0.3) is 0 Å². The average molecular weight is 481 g/mol. The number of ether oxygens (including phenoxy) is 2. The normalized spacial score (nSPS) is 13.0. The molecule has 0 saturated heterocycles. The van der Waals surface area contributed by atoms with Gasteiger partial charge in [-0.2, -0.15) is 0 Å². The summed E-state index contributed by atoms with van der Waals surface area (Å²) in [5.41, 5.74) is 3.73. The fraction of sp³-hybridized carbons (Fsp3) is 0.269. The first-order valence-corrected chi connectivity index (χ1v) is 12.4. The molecule has 0 unspecified atom stereocenters. The minimum absolute atomic E-state index is 0.156. The van der Waals surface area contributed by atoms with Crippen LogP contribution in [0.4, 0.5) is 11.4 Å². The summed E-state index contributed by atoms with van der Waals surface area (Å²) in [6, 6.07) is 15.2. The molecule has 0 bridgehead atoms. The molecular weight excluding hydrogens is 452 g/mol. The van der Waals surface area contributed by atoms with Gasteiger partial charge < -0.3 is 14.8 Å². The van der Waals surface area contributed by atoms with E-state index in [0.29, 0.717) is 34.0 Å². The summed E-state index contributed by atoms with van der Waals surface area (Å²) in [5, 5.41) is 2.80. The number of carbonyl (C=O) groups excluding carboxylic acids is 1. The summed E-state index contributed by atoms with van der Waals surface area (Å²) in [6.45, 7) is 10.0. The topological polar surface area (TPSA) is 93.7 Å². The smallest absolute Gasteiger partial charge is 0.262 e. The largest absolute Gasteiger partial charge is 0.454 e. The van der Waals surface area contributed by atoms with Crippen molar-refractivity contribution in [2.45, 2.75) is 44.9 Å². The molecule has 2 N–H and O–H groups in total. The SMILES string of the molecule is Cc1cc(C(C)(C)C)cc(S(=O)(=O)Nc2ccc(C(=O)Nc3ccc4c(c3)OCO4)cc2)c1C. The number of amides is 1. The number of sulfonamides is 1. The second-order valence-corrected chi connectivity index (χ2v) is 11.0. The van der Waals surface area contributed by atoms with Crippen LogP contribution in [0.5, 0.6) is 11.5 Å². The van der Waals surface area contributed by atoms with E-state index in [0.717, 1.165) is 11.1 Å². The van der Waals surface area contributed by atoms with E-state index in [1.165, 1.54) is 0 Å². The lowest BCUT2D eigenvalue weighted by Gasteiger charge is -2.22. The van der Waals surface area contributed by atoms with Crippen LogP contribution in [0.2, 0.25) is 0 Å². The third-order valence-electron chi connectivity index (χ3n) is 5.80. The Kier molecular flexibility index (Phi) is 6.03. The van der Waals surface area contributed by atoms with Crippen LogP contribution in [0, 0.1) is 13.8 Å². The number of aryl methyl sites for hydroxylation is 1.